The molecule has 0 unspecified atom stereocenters. The minimum Gasteiger partial charge on any atom is -0.385 e. The van der Waals surface area contributed by atoms with Gasteiger partial charge in [0.15, 0.2) is 0 Å². The molecule has 0 amide bonds. The maximum atomic E-state index is 8.84. The molecule has 0 aromatic heterocycles. The van der Waals surface area contributed by atoms with Crippen LogP contribution in [-0.4, -0.2) is 6.54 Å². The molecule has 0 aliphatic carbocycles. The van der Waals surface area contributed by atoms with E-state index >= 15 is 0 Å². The van der Waals surface area contributed by atoms with Crippen LogP contribution in [0.5, 0.6) is 0 Å². The summed E-state index contributed by atoms with van der Waals surface area (Å²) in [4.78, 5) is 0. The first-order chi connectivity index (χ1) is 9.76. The fraction of sp³-hybridized carbons (Fsp3) is 0.188. The Hall–Kier alpha value is -2.18. The van der Waals surface area contributed by atoms with Crippen molar-refractivity contribution in [2.45, 2.75) is 12.8 Å². The topological polar surface area (TPSA) is 47.9 Å². The summed E-state index contributed by atoms with van der Waals surface area (Å²) in [6.07, 6.45) is 2.26. The van der Waals surface area contributed by atoms with E-state index < -0.39 is 0 Å². The molecule has 0 radical (unpaired) electrons. The van der Waals surface area contributed by atoms with E-state index in [1.807, 2.05) is 12.1 Å². The van der Waals surface area contributed by atoms with Crippen LogP contribution in [0.2, 0.25) is 5.02 Å². The van der Waals surface area contributed by atoms with E-state index in [2.05, 4.69) is 28.8 Å². The standard InChI is InChI=1S/C16H14ClN3/c17-14-8-11(10-18)3-5-16(14)20-13-4-6-15-12(9-13)2-1-7-19-15/h3-6,8-9,19-20H,1-2,7H2. The molecule has 4 heteroatoms. The van der Waals surface area contributed by atoms with Gasteiger partial charge in [0.05, 0.1) is 22.3 Å². The second kappa shape index (κ2) is 5.44. The lowest BCUT2D eigenvalue weighted by molar-refractivity contribution is 0.831. The van der Waals surface area contributed by atoms with Gasteiger partial charge in [0.1, 0.15) is 0 Å². The van der Waals surface area contributed by atoms with E-state index in [0.29, 0.717) is 10.6 Å². The molecule has 0 fully saturated rings. The van der Waals surface area contributed by atoms with Gasteiger partial charge in [-0.25, -0.2) is 0 Å². The molecule has 0 saturated carbocycles. The lowest BCUT2D eigenvalue weighted by Gasteiger charge is -2.19. The van der Waals surface area contributed by atoms with E-state index in [9.17, 15) is 0 Å². The maximum Gasteiger partial charge on any atom is 0.0992 e. The molecule has 1 aliphatic rings. The molecule has 1 aliphatic heterocycles. The molecule has 100 valence electrons. The zero-order chi connectivity index (χ0) is 13.9. The van der Waals surface area contributed by atoms with Crippen LogP contribution in [0.3, 0.4) is 0 Å². The van der Waals surface area contributed by atoms with Crippen LogP contribution >= 0.6 is 11.6 Å². The van der Waals surface area contributed by atoms with Crippen molar-refractivity contribution in [3.63, 3.8) is 0 Å². The molecule has 2 N–H and O–H groups in total. The van der Waals surface area contributed by atoms with Crippen LogP contribution in [-0.2, 0) is 6.42 Å². The SMILES string of the molecule is N#Cc1ccc(Nc2ccc3c(c2)CCCN3)c(Cl)c1. The smallest absolute Gasteiger partial charge is 0.0992 e. The molecule has 2 aromatic carbocycles. The second-order valence-electron chi connectivity index (χ2n) is 4.83. The van der Waals surface area contributed by atoms with Crippen molar-refractivity contribution in [3.05, 3.63) is 52.5 Å². The van der Waals surface area contributed by atoms with Crippen LogP contribution in [0.15, 0.2) is 36.4 Å². The highest BCUT2D eigenvalue weighted by molar-refractivity contribution is 6.33. The third-order valence-corrected chi connectivity index (χ3v) is 3.73. The number of nitrogens with one attached hydrogen (secondary N) is 2. The number of fused-ring (bicyclic) bond motifs is 1. The van der Waals surface area contributed by atoms with E-state index in [0.717, 1.165) is 30.8 Å². The van der Waals surface area contributed by atoms with Crippen molar-refractivity contribution >= 4 is 28.7 Å². The predicted molar refractivity (Wildman–Crippen MR) is 82.7 cm³/mol. The summed E-state index contributed by atoms with van der Waals surface area (Å²) in [5.74, 6) is 0. The average molecular weight is 284 g/mol. The third-order valence-electron chi connectivity index (χ3n) is 3.42. The van der Waals surface area contributed by atoms with Crippen molar-refractivity contribution in [1.29, 1.82) is 5.26 Å². The van der Waals surface area contributed by atoms with Gasteiger partial charge in [0.25, 0.3) is 0 Å². The summed E-state index contributed by atoms with van der Waals surface area (Å²) in [6, 6.07) is 13.6. The number of hydrogen-bond acceptors (Lipinski definition) is 3. The molecule has 0 bridgehead atoms. The fourth-order valence-corrected chi connectivity index (χ4v) is 2.62. The molecular formula is C16H14ClN3. The zero-order valence-corrected chi connectivity index (χ0v) is 11.7. The normalized spacial score (nSPS) is 13.0. The highest BCUT2D eigenvalue weighted by Gasteiger charge is 2.09. The first-order valence-electron chi connectivity index (χ1n) is 6.60. The highest BCUT2D eigenvalue weighted by Crippen LogP contribution is 2.30. The van der Waals surface area contributed by atoms with Gasteiger partial charge in [-0.15, -0.1) is 0 Å². The minimum absolute atomic E-state index is 0.555. The van der Waals surface area contributed by atoms with Gasteiger partial charge in [-0.1, -0.05) is 11.6 Å². The van der Waals surface area contributed by atoms with Gasteiger partial charge < -0.3 is 10.6 Å². The minimum atomic E-state index is 0.555. The summed E-state index contributed by atoms with van der Waals surface area (Å²) in [5.41, 5.74) is 4.93. The molecule has 0 saturated heterocycles. The van der Waals surface area contributed by atoms with Gasteiger partial charge in [-0.3, -0.25) is 0 Å². The molecule has 1 heterocycles. The maximum absolute atomic E-state index is 8.84. The monoisotopic (exact) mass is 283 g/mol. The van der Waals surface area contributed by atoms with Gasteiger partial charge >= 0.3 is 0 Å². The highest BCUT2D eigenvalue weighted by atomic mass is 35.5. The number of hydrogen-bond donors (Lipinski definition) is 2. The summed E-state index contributed by atoms with van der Waals surface area (Å²) in [6.45, 7) is 1.04. The number of halogens is 1. The zero-order valence-electron chi connectivity index (χ0n) is 10.9. The third kappa shape index (κ3) is 2.56. The van der Waals surface area contributed by atoms with Crippen molar-refractivity contribution in [2.24, 2.45) is 0 Å². The summed E-state index contributed by atoms with van der Waals surface area (Å²) >= 11 is 6.18. The van der Waals surface area contributed by atoms with Crippen LogP contribution in [0.25, 0.3) is 0 Å². The molecule has 0 spiro atoms. The number of rotatable bonds is 2. The van der Waals surface area contributed by atoms with Gasteiger partial charge in [-0.05, 0) is 54.8 Å². The molecule has 3 nitrogen and oxygen atoms in total. The van der Waals surface area contributed by atoms with Crippen LogP contribution in [0.4, 0.5) is 17.1 Å². The van der Waals surface area contributed by atoms with Crippen molar-refractivity contribution in [1.82, 2.24) is 0 Å². The first kappa shape index (κ1) is 12.8. The van der Waals surface area contributed by atoms with E-state index in [1.54, 1.807) is 12.1 Å². The Labute approximate surface area is 123 Å². The number of aryl methyl sites for hydroxylation is 1. The average Bonchev–Trinajstić information content (AvgIpc) is 2.49. The van der Waals surface area contributed by atoms with Crippen LogP contribution in [0.1, 0.15) is 17.5 Å². The van der Waals surface area contributed by atoms with E-state index in [-0.39, 0.29) is 0 Å². The Kier molecular flexibility index (Phi) is 3.49. The number of nitrogens with zero attached hydrogens (tertiary/aromatic N) is 1. The summed E-state index contributed by atoms with van der Waals surface area (Å²) < 4.78 is 0. The van der Waals surface area contributed by atoms with Gasteiger partial charge in [-0.2, -0.15) is 5.26 Å². The predicted octanol–water partition coefficient (Wildman–Crippen LogP) is 4.31. The van der Waals surface area contributed by atoms with E-state index in [1.165, 1.54) is 11.3 Å². The van der Waals surface area contributed by atoms with Gasteiger partial charge in [0, 0.05) is 17.9 Å². The lowest BCUT2D eigenvalue weighted by Crippen LogP contribution is -2.11. The molecular weight excluding hydrogens is 270 g/mol. The summed E-state index contributed by atoms with van der Waals surface area (Å²) in [7, 11) is 0. The van der Waals surface area contributed by atoms with E-state index in [4.69, 9.17) is 16.9 Å². The Bertz CT molecular complexity index is 689. The Morgan fingerprint density at radius 3 is 2.90 bits per heavy atom. The van der Waals surface area contributed by atoms with Gasteiger partial charge in [0.2, 0.25) is 0 Å². The largest absolute Gasteiger partial charge is 0.385 e. The van der Waals surface area contributed by atoms with Crippen LogP contribution in [0, 0.1) is 11.3 Å². The Morgan fingerprint density at radius 2 is 2.10 bits per heavy atom. The number of benzene rings is 2. The molecule has 0 atom stereocenters. The number of nitriles is 1. The second-order valence-corrected chi connectivity index (χ2v) is 5.24. The Morgan fingerprint density at radius 1 is 1.20 bits per heavy atom. The van der Waals surface area contributed by atoms with Crippen molar-refractivity contribution < 1.29 is 0 Å². The molecule has 20 heavy (non-hydrogen) atoms. The quantitative estimate of drug-likeness (QED) is 0.863. The molecule has 2 aromatic rings. The van der Waals surface area contributed by atoms with Crippen LogP contribution < -0.4 is 10.6 Å². The first-order valence-corrected chi connectivity index (χ1v) is 6.97. The fourth-order valence-electron chi connectivity index (χ4n) is 2.39. The summed E-state index contributed by atoms with van der Waals surface area (Å²) in [5, 5.41) is 16.1. The Balaban J connectivity index is 1.86. The van der Waals surface area contributed by atoms with Crippen molar-refractivity contribution in [3.8, 4) is 6.07 Å². The van der Waals surface area contributed by atoms with Crippen molar-refractivity contribution in [2.75, 3.05) is 17.2 Å². The number of anilines is 3. The molecule has 3 rings (SSSR count). The lowest BCUT2D eigenvalue weighted by atomic mass is 10.0.